The molecule has 0 aromatic heterocycles. The van der Waals surface area contributed by atoms with Gasteiger partial charge in [-0.1, -0.05) is 26.8 Å². The number of aryl methyl sites for hydroxylation is 1. The summed E-state index contributed by atoms with van der Waals surface area (Å²) >= 11 is 0. The van der Waals surface area contributed by atoms with Gasteiger partial charge in [-0.25, -0.2) is 13.1 Å². The Morgan fingerprint density at radius 3 is 2.32 bits per heavy atom. The monoisotopic (exact) mass is 371 g/mol. The molecule has 1 aromatic rings. The van der Waals surface area contributed by atoms with Crippen LogP contribution in [0.2, 0.25) is 0 Å². The summed E-state index contributed by atoms with van der Waals surface area (Å²) in [4.78, 5) is 0.164. The first-order valence-electron chi connectivity index (χ1n) is 8.63. The number of benzene rings is 1. The van der Waals surface area contributed by atoms with E-state index in [1.807, 2.05) is 20.8 Å². The van der Waals surface area contributed by atoms with Crippen LogP contribution in [0.1, 0.15) is 53.0 Å². The summed E-state index contributed by atoms with van der Waals surface area (Å²) in [5, 5.41) is 0. The van der Waals surface area contributed by atoms with Gasteiger partial charge in [-0.05, 0) is 56.7 Å². The second-order valence-corrected chi connectivity index (χ2v) is 10.0. The minimum absolute atomic E-state index is 0.138. The molecule has 5 nitrogen and oxygen atoms in total. The van der Waals surface area contributed by atoms with Crippen LogP contribution in [0.5, 0.6) is 5.75 Å². The summed E-state index contributed by atoms with van der Waals surface area (Å²) in [7, 11) is -2.18. The van der Waals surface area contributed by atoms with E-state index in [4.69, 9.17) is 9.47 Å². The minimum atomic E-state index is -3.66. The van der Waals surface area contributed by atoms with Crippen LogP contribution in [-0.2, 0) is 14.8 Å². The van der Waals surface area contributed by atoms with Crippen LogP contribution >= 0.6 is 0 Å². The maximum atomic E-state index is 12.7. The molecule has 0 aliphatic carbocycles. The van der Waals surface area contributed by atoms with Gasteiger partial charge in [-0.15, -0.1) is 0 Å². The number of rotatable bonds is 9. The summed E-state index contributed by atoms with van der Waals surface area (Å²) in [5.74, 6) is 0.358. The van der Waals surface area contributed by atoms with E-state index in [0.717, 1.165) is 12.0 Å². The van der Waals surface area contributed by atoms with Crippen LogP contribution in [0.4, 0.5) is 0 Å². The van der Waals surface area contributed by atoms with Gasteiger partial charge in [0.2, 0.25) is 10.0 Å². The quantitative estimate of drug-likeness (QED) is 0.669. The molecule has 0 amide bonds. The Morgan fingerprint density at radius 1 is 1.12 bits per heavy atom. The van der Waals surface area contributed by atoms with E-state index >= 15 is 0 Å². The predicted molar refractivity (Wildman–Crippen MR) is 102 cm³/mol. The number of sulfonamides is 1. The first-order chi connectivity index (χ1) is 11.4. The van der Waals surface area contributed by atoms with Crippen LogP contribution < -0.4 is 9.46 Å². The molecule has 144 valence electrons. The Bertz CT molecular complexity index is 660. The lowest BCUT2D eigenvalue weighted by molar-refractivity contribution is 0.0664. The Kier molecular flexibility index (Phi) is 7.47. The number of methoxy groups -OCH3 is 1. The fourth-order valence-electron chi connectivity index (χ4n) is 2.46. The maximum absolute atomic E-state index is 12.7. The summed E-state index contributed by atoms with van der Waals surface area (Å²) in [5.41, 5.74) is 0.518. The average molecular weight is 372 g/mol. The number of ether oxygens (including phenoxy) is 2. The highest BCUT2D eigenvalue weighted by Gasteiger charge is 2.28. The van der Waals surface area contributed by atoms with E-state index in [1.165, 1.54) is 7.11 Å². The van der Waals surface area contributed by atoms with Crippen LogP contribution in [0.25, 0.3) is 0 Å². The molecular formula is C19H33NO4S. The standard InChI is InChI=1S/C19H33NO4S/c1-15-9-10-17(16(13-15)23-7)25(21,22)20-19(5,6)11-8-12-24-14-18(2,3)4/h9-10,13,20H,8,11-12,14H2,1-7H3. The van der Waals surface area contributed by atoms with E-state index < -0.39 is 15.6 Å². The topological polar surface area (TPSA) is 64.6 Å². The van der Waals surface area contributed by atoms with Gasteiger partial charge >= 0.3 is 0 Å². The molecule has 0 aliphatic rings. The van der Waals surface area contributed by atoms with Gasteiger partial charge in [0.1, 0.15) is 10.6 Å². The number of nitrogens with one attached hydrogen (secondary N) is 1. The molecule has 0 aliphatic heterocycles. The van der Waals surface area contributed by atoms with Crippen molar-refractivity contribution in [1.82, 2.24) is 4.72 Å². The largest absolute Gasteiger partial charge is 0.495 e. The second-order valence-electron chi connectivity index (χ2n) is 8.36. The highest BCUT2D eigenvalue weighted by molar-refractivity contribution is 7.89. The van der Waals surface area contributed by atoms with Crippen molar-refractivity contribution in [3.63, 3.8) is 0 Å². The fourth-order valence-corrected chi connectivity index (χ4v) is 4.05. The van der Waals surface area contributed by atoms with Gasteiger partial charge < -0.3 is 9.47 Å². The van der Waals surface area contributed by atoms with E-state index in [2.05, 4.69) is 25.5 Å². The molecule has 25 heavy (non-hydrogen) atoms. The van der Waals surface area contributed by atoms with Crippen molar-refractivity contribution in [2.45, 2.75) is 64.8 Å². The Hall–Kier alpha value is -1.11. The van der Waals surface area contributed by atoms with Crippen molar-refractivity contribution in [3.05, 3.63) is 23.8 Å². The van der Waals surface area contributed by atoms with E-state index in [1.54, 1.807) is 18.2 Å². The lowest BCUT2D eigenvalue weighted by atomic mass is 9.98. The molecule has 0 radical (unpaired) electrons. The fraction of sp³-hybridized carbons (Fsp3) is 0.684. The molecule has 0 bridgehead atoms. The van der Waals surface area contributed by atoms with Gasteiger partial charge in [0.15, 0.2) is 0 Å². The smallest absolute Gasteiger partial charge is 0.244 e. The molecule has 1 N–H and O–H groups in total. The zero-order valence-electron chi connectivity index (χ0n) is 16.6. The van der Waals surface area contributed by atoms with Crippen LogP contribution in [0.3, 0.4) is 0 Å². The summed E-state index contributed by atoms with van der Waals surface area (Å²) in [6.45, 7) is 13.4. The highest BCUT2D eigenvalue weighted by atomic mass is 32.2. The average Bonchev–Trinajstić information content (AvgIpc) is 2.43. The third-order valence-electron chi connectivity index (χ3n) is 3.64. The lowest BCUT2D eigenvalue weighted by Gasteiger charge is -2.27. The molecule has 0 unspecified atom stereocenters. The van der Waals surface area contributed by atoms with Gasteiger partial charge in [-0.2, -0.15) is 0 Å². The van der Waals surface area contributed by atoms with Crippen molar-refractivity contribution in [2.75, 3.05) is 20.3 Å². The molecule has 6 heteroatoms. The van der Waals surface area contributed by atoms with Crippen molar-refractivity contribution in [1.29, 1.82) is 0 Å². The third-order valence-corrected chi connectivity index (χ3v) is 5.38. The first-order valence-corrected chi connectivity index (χ1v) is 10.1. The molecule has 0 atom stereocenters. The van der Waals surface area contributed by atoms with Crippen LogP contribution in [0.15, 0.2) is 23.1 Å². The van der Waals surface area contributed by atoms with Gasteiger partial charge in [0, 0.05) is 12.1 Å². The van der Waals surface area contributed by atoms with Crippen molar-refractivity contribution < 1.29 is 17.9 Å². The van der Waals surface area contributed by atoms with E-state index in [9.17, 15) is 8.42 Å². The van der Waals surface area contributed by atoms with Gasteiger partial charge in [0.25, 0.3) is 0 Å². The zero-order valence-corrected chi connectivity index (χ0v) is 17.4. The molecule has 0 saturated heterocycles. The molecule has 0 heterocycles. The maximum Gasteiger partial charge on any atom is 0.244 e. The van der Waals surface area contributed by atoms with Gasteiger partial charge in [-0.3, -0.25) is 0 Å². The first kappa shape index (κ1) is 21.9. The molecule has 0 saturated carbocycles. The zero-order chi connectivity index (χ0) is 19.3. The third kappa shape index (κ3) is 7.75. The molecule has 1 rings (SSSR count). The molecule has 0 spiro atoms. The van der Waals surface area contributed by atoms with Gasteiger partial charge in [0.05, 0.1) is 13.7 Å². The predicted octanol–water partition coefficient (Wildman–Crippen LogP) is 3.90. The van der Waals surface area contributed by atoms with Crippen molar-refractivity contribution >= 4 is 10.0 Å². The summed E-state index contributed by atoms with van der Waals surface area (Å²) in [6.07, 6.45) is 1.47. The van der Waals surface area contributed by atoms with Crippen LogP contribution in [-0.4, -0.2) is 34.3 Å². The van der Waals surface area contributed by atoms with Crippen LogP contribution in [0, 0.1) is 12.3 Å². The summed E-state index contributed by atoms with van der Waals surface area (Å²) < 4.78 is 39.2. The van der Waals surface area contributed by atoms with E-state index in [-0.39, 0.29) is 10.3 Å². The van der Waals surface area contributed by atoms with Crippen molar-refractivity contribution in [2.24, 2.45) is 5.41 Å². The molecular weight excluding hydrogens is 338 g/mol. The lowest BCUT2D eigenvalue weighted by Crippen LogP contribution is -2.43. The number of hydrogen-bond donors (Lipinski definition) is 1. The summed E-state index contributed by atoms with van der Waals surface area (Å²) in [6, 6.07) is 5.07. The second kappa shape index (κ2) is 8.52. The minimum Gasteiger partial charge on any atom is -0.495 e. The van der Waals surface area contributed by atoms with Crippen molar-refractivity contribution in [3.8, 4) is 5.75 Å². The van der Waals surface area contributed by atoms with E-state index in [0.29, 0.717) is 25.4 Å². The molecule has 1 aromatic carbocycles. The normalized spacial score (nSPS) is 13.1. The Balaban J connectivity index is 2.68. The molecule has 0 fully saturated rings. The Morgan fingerprint density at radius 2 is 1.76 bits per heavy atom. The Labute approximate surface area is 153 Å². The highest BCUT2D eigenvalue weighted by Crippen LogP contribution is 2.26. The number of hydrogen-bond acceptors (Lipinski definition) is 4. The SMILES string of the molecule is COc1cc(C)ccc1S(=O)(=O)NC(C)(C)CCCOCC(C)(C)C.